The summed E-state index contributed by atoms with van der Waals surface area (Å²) < 4.78 is 37.7. The standard InChI is InChI=1S/C15H23NO3.C8H11N.C7H15NO3.C7H12O3/c1-11(12-7-5-4-6-8-12)16-13-9-18-15(2,3)19-10-14(13)17;1-7(9)8-5-3-2-4-6-8;1-7(2)10-3-5(8)6(9)4-11-7;1-7(2)8-3-5-6(10-5)4-9-7/h4-8,11,13-14,16-17H,9-10H2,1-3H3;2-7H,9H2,1H3;5-6,9H,3-4,8H2,1-2H3;5-6H,3-4H2,1-2H3/t11-,13+,14+;7-;5-,6-;/m110./s1. The summed E-state index contributed by atoms with van der Waals surface area (Å²) in [5.41, 5.74) is 13.5. The highest BCUT2D eigenvalue weighted by atomic mass is 16.7. The molecule has 0 spiro atoms. The zero-order valence-corrected chi connectivity index (χ0v) is 30.5. The Labute approximate surface area is 292 Å². The first-order valence-electron chi connectivity index (χ1n) is 17.2. The van der Waals surface area contributed by atoms with Crippen molar-refractivity contribution >= 4 is 0 Å². The van der Waals surface area contributed by atoms with Gasteiger partial charge in [-0.2, -0.15) is 0 Å². The van der Waals surface area contributed by atoms with Gasteiger partial charge < -0.3 is 60.2 Å². The molecule has 0 amide bonds. The average molecular weight is 692 g/mol. The number of aliphatic hydroxyl groups is 2. The van der Waals surface area contributed by atoms with E-state index in [2.05, 4.69) is 24.4 Å². The number of epoxide rings is 1. The van der Waals surface area contributed by atoms with Gasteiger partial charge in [0.1, 0.15) is 12.2 Å². The largest absolute Gasteiger partial charge is 0.389 e. The van der Waals surface area contributed by atoms with Crippen molar-refractivity contribution in [1.29, 1.82) is 0 Å². The molecule has 2 aromatic carbocycles. The monoisotopic (exact) mass is 691 g/mol. The van der Waals surface area contributed by atoms with Gasteiger partial charge in [-0.1, -0.05) is 60.7 Å². The molecule has 12 nitrogen and oxygen atoms in total. The van der Waals surface area contributed by atoms with Crippen molar-refractivity contribution in [3.05, 3.63) is 71.8 Å². The summed E-state index contributed by atoms with van der Waals surface area (Å²) in [6.45, 7) is 17.9. The SMILES string of the molecule is CC1(C)OCC2OC2CO1.CC1(C)OC[C@H](N)[C@@H](O)CO1.C[C@@H](N)c1ccccc1.C[C@@H](N[C@H]1COC(C)(C)OC[C@@H]1O)c1ccccc1. The van der Waals surface area contributed by atoms with Crippen molar-refractivity contribution in [2.75, 3.05) is 39.6 Å². The number of hydrogen-bond donors (Lipinski definition) is 5. The number of nitrogens with two attached hydrogens (primary N) is 2. The Balaban J connectivity index is 0.000000187. The minimum atomic E-state index is -0.632. The van der Waals surface area contributed by atoms with E-state index in [-0.39, 0.29) is 37.4 Å². The fourth-order valence-electron chi connectivity index (χ4n) is 4.86. The third kappa shape index (κ3) is 15.4. The molecule has 4 heterocycles. The van der Waals surface area contributed by atoms with Crippen molar-refractivity contribution in [3.8, 4) is 0 Å². The summed E-state index contributed by atoms with van der Waals surface area (Å²) in [4.78, 5) is 0. The summed E-state index contributed by atoms with van der Waals surface area (Å²) in [6, 6.07) is 20.1. The highest BCUT2D eigenvalue weighted by molar-refractivity contribution is 5.18. The second-order valence-corrected chi connectivity index (χ2v) is 14.2. The van der Waals surface area contributed by atoms with Gasteiger partial charge in [0.25, 0.3) is 0 Å². The minimum Gasteiger partial charge on any atom is -0.389 e. The third-order valence-electron chi connectivity index (χ3n) is 8.36. The first kappa shape index (κ1) is 41.4. The van der Waals surface area contributed by atoms with Crippen LogP contribution in [0.3, 0.4) is 0 Å². The number of hydrogen-bond acceptors (Lipinski definition) is 12. The van der Waals surface area contributed by atoms with Crippen molar-refractivity contribution in [2.24, 2.45) is 11.5 Å². The first-order chi connectivity index (χ1) is 23.0. The van der Waals surface area contributed by atoms with E-state index in [0.29, 0.717) is 38.6 Å². The van der Waals surface area contributed by atoms with Crippen LogP contribution in [0.25, 0.3) is 0 Å². The van der Waals surface area contributed by atoms with E-state index in [1.54, 1.807) is 13.8 Å². The number of ether oxygens (including phenoxy) is 7. The molecule has 8 atom stereocenters. The summed E-state index contributed by atoms with van der Waals surface area (Å²) in [6.07, 6.45) is -0.562. The molecule has 4 aliphatic heterocycles. The van der Waals surface area contributed by atoms with E-state index >= 15 is 0 Å². The zero-order chi connectivity index (χ0) is 36.2. The van der Waals surface area contributed by atoms with Gasteiger partial charge in [0, 0.05) is 12.1 Å². The van der Waals surface area contributed by atoms with Gasteiger partial charge in [-0.15, -0.1) is 0 Å². The molecule has 49 heavy (non-hydrogen) atoms. The highest BCUT2D eigenvalue weighted by Gasteiger charge is 2.44. The van der Waals surface area contributed by atoms with Gasteiger partial charge in [-0.05, 0) is 66.5 Å². The van der Waals surface area contributed by atoms with Crippen molar-refractivity contribution in [3.63, 3.8) is 0 Å². The maximum atomic E-state index is 10.1. The molecule has 4 fully saturated rings. The van der Waals surface area contributed by atoms with Crippen LogP contribution in [0.1, 0.15) is 78.6 Å². The molecule has 4 aliphatic rings. The second kappa shape index (κ2) is 19.0. The Hall–Kier alpha value is -2.04. The van der Waals surface area contributed by atoms with Gasteiger partial charge in [0.15, 0.2) is 17.4 Å². The molecule has 4 saturated heterocycles. The molecule has 2 aromatic rings. The lowest BCUT2D eigenvalue weighted by atomic mass is 10.1. The van der Waals surface area contributed by atoms with Crippen LogP contribution in [0.4, 0.5) is 0 Å². The fourth-order valence-corrected chi connectivity index (χ4v) is 4.86. The predicted octanol–water partition coefficient (Wildman–Crippen LogP) is 3.55. The lowest BCUT2D eigenvalue weighted by Gasteiger charge is -2.25. The minimum absolute atomic E-state index is 0.128. The van der Waals surface area contributed by atoms with Crippen molar-refractivity contribution in [1.82, 2.24) is 5.32 Å². The highest BCUT2D eigenvalue weighted by Crippen LogP contribution is 2.30. The Morgan fingerprint density at radius 2 is 1.02 bits per heavy atom. The Bertz CT molecular complexity index is 1170. The van der Waals surface area contributed by atoms with Crippen LogP contribution < -0.4 is 16.8 Å². The van der Waals surface area contributed by atoms with Crippen LogP contribution in [-0.4, -0.2) is 104 Å². The average Bonchev–Trinajstić information content (AvgIpc) is 3.89. The van der Waals surface area contributed by atoms with E-state index < -0.39 is 29.6 Å². The number of benzene rings is 2. The van der Waals surface area contributed by atoms with Crippen LogP contribution in [0.15, 0.2) is 60.7 Å². The number of fused-ring (bicyclic) bond motifs is 1. The number of nitrogens with one attached hydrogen (secondary N) is 1. The lowest BCUT2D eigenvalue weighted by Crippen LogP contribution is -2.45. The summed E-state index contributed by atoms with van der Waals surface area (Å²) >= 11 is 0. The van der Waals surface area contributed by atoms with Crippen LogP contribution in [0.2, 0.25) is 0 Å². The lowest BCUT2D eigenvalue weighted by molar-refractivity contribution is -0.212. The molecule has 0 bridgehead atoms. The first-order valence-corrected chi connectivity index (χ1v) is 17.2. The topological polar surface area (TPSA) is 172 Å². The van der Waals surface area contributed by atoms with E-state index in [0.717, 1.165) is 0 Å². The summed E-state index contributed by atoms with van der Waals surface area (Å²) in [7, 11) is 0. The second-order valence-electron chi connectivity index (χ2n) is 14.2. The fraction of sp³-hybridized carbons (Fsp3) is 0.676. The molecule has 278 valence electrons. The molecule has 0 radical (unpaired) electrons. The van der Waals surface area contributed by atoms with Gasteiger partial charge in [0.2, 0.25) is 0 Å². The maximum Gasteiger partial charge on any atom is 0.163 e. The van der Waals surface area contributed by atoms with E-state index in [9.17, 15) is 10.2 Å². The molecular formula is C37H61N3O9. The molecule has 7 N–H and O–H groups in total. The van der Waals surface area contributed by atoms with Crippen LogP contribution in [0.5, 0.6) is 0 Å². The molecule has 12 heteroatoms. The Morgan fingerprint density at radius 1 is 0.612 bits per heavy atom. The predicted molar refractivity (Wildman–Crippen MR) is 187 cm³/mol. The normalized spacial score (nSPS) is 31.0. The quantitative estimate of drug-likeness (QED) is 0.296. The summed E-state index contributed by atoms with van der Waals surface area (Å²) in [5.74, 6) is -1.65. The maximum absolute atomic E-state index is 10.1. The van der Waals surface area contributed by atoms with Crippen LogP contribution in [0, 0.1) is 0 Å². The van der Waals surface area contributed by atoms with E-state index in [4.69, 9.17) is 44.6 Å². The van der Waals surface area contributed by atoms with E-state index in [1.165, 1.54) is 11.1 Å². The smallest absolute Gasteiger partial charge is 0.163 e. The van der Waals surface area contributed by atoms with Crippen molar-refractivity contribution in [2.45, 2.75) is 121 Å². The molecule has 0 saturated carbocycles. The number of rotatable bonds is 4. The molecule has 6 rings (SSSR count). The van der Waals surface area contributed by atoms with Crippen LogP contribution >= 0.6 is 0 Å². The molecule has 2 unspecified atom stereocenters. The van der Waals surface area contributed by atoms with Gasteiger partial charge in [-0.25, -0.2) is 0 Å². The summed E-state index contributed by atoms with van der Waals surface area (Å²) in [5, 5.41) is 22.8. The van der Waals surface area contributed by atoms with Crippen LogP contribution in [-0.2, 0) is 33.2 Å². The Morgan fingerprint density at radius 3 is 1.49 bits per heavy atom. The van der Waals surface area contributed by atoms with Gasteiger partial charge in [0.05, 0.1) is 63.9 Å². The van der Waals surface area contributed by atoms with E-state index in [1.807, 2.05) is 83.1 Å². The third-order valence-corrected chi connectivity index (χ3v) is 8.36. The molecule has 0 aliphatic carbocycles. The molecule has 0 aromatic heterocycles. The molecular weight excluding hydrogens is 630 g/mol. The number of aliphatic hydroxyl groups excluding tert-OH is 2. The van der Waals surface area contributed by atoms with Crippen molar-refractivity contribution < 1.29 is 43.4 Å². The Kier molecular flexibility index (Phi) is 16.0. The van der Waals surface area contributed by atoms with Gasteiger partial charge in [-0.3, -0.25) is 0 Å². The zero-order valence-electron chi connectivity index (χ0n) is 30.5. The van der Waals surface area contributed by atoms with Gasteiger partial charge >= 0.3 is 0 Å².